The molecule has 0 fully saturated rings. The summed E-state index contributed by atoms with van der Waals surface area (Å²) >= 11 is 0. The number of aromatic amines is 1. The van der Waals surface area contributed by atoms with E-state index in [-0.39, 0.29) is 5.56 Å². The van der Waals surface area contributed by atoms with Gasteiger partial charge in [-0.2, -0.15) is 0 Å². The van der Waals surface area contributed by atoms with Crippen LogP contribution in [0.3, 0.4) is 0 Å². The third-order valence-corrected chi connectivity index (χ3v) is 5.17. The number of ether oxygens (including phenoxy) is 3. The minimum atomic E-state index is -0.109. The predicted molar refractivity (Wildman–Crippen MR) is 110 cm³/mol. The zero-order valence-corrected chi connectivity index (χ0v) is 17.1. The Balaban J connectivity index is 1.62. The van der Waals surface area contributed by atoms with Crippen LogP contribution in [-0.2, 0) is 19.5 Å². The largest absolute Gasteiger partial charge is 0.496 e. The molecule has 0 unspecified atom stereocenters. The first-order valence-corrected chi connectivity index (χ1v) is 9.51. The van der Waals surface area contributed by atoms with E-state index < -0.39 is 0 Å². The summed E-state index contributed by atoms with van der Waals surface area (Å²) in [6.45, 7) is 1.92. The van der Waals surface area contributed by atoms with Gasteiger partial charge in [-0.1, -0.05) is 0 Å². The highest BCUT2D eigenvalue weighted by Gasteiger charge is 2.23. The van der Waals surface area contributed by atoms with Crippen LogP contribution < -0.4 is 19.8 Å². The Morgan fingerprint density at radius 3 is 2.43 bits per heavy atom. The third kappa shape index (κ3) is 3.84. The lowest BCUT2D eigenvalue weighted by molar-refractivity contribution is 0.236. The standard InChI is InChI=1S/C21H23N5O4/c1-28-17-7-19(30-3)18(29-2)6-13(17)10-26-5-4-15-16(11-26)24-20(25-21(15)27)14-8-22-12-23-9-14/h6-9,12H,4-5,10-11H2,1-3H3,(H,24,25,27). The monoisotopic (exact) mass is 409 g/mol. The van der Waals surface area contributed by atoms with Crippen molar-refractivity contribution in [3.05, 3.63) is 58.0 Å². The lowest BCUT2D eigenvalue weighted by Crippen LogP contribution is -2.35. The molecule has 3 heterocycles. The van der Waals surface area contributed by atoms with Crippen LogP contribution >= 0.6 is 0 Å². The molecule has 1 N–H and O–H groups in total. The van der Waals surface area contributed by atoms with Gasteiger partial charge in [0.05, 0.1) is 32.6 Å². The molecule has 0 saturated carbocycles. The maximum Gasteiger partial charge on any atom is 0.254 e. The topological polar surface area (TPSA) is 102 Å². The molecule has 9 heteroatoms. The average molecular weight is 409 g/mol. The van der Waals surface area contributed by atoms with Crippen molar-refractivity contribution in [3.63, 3.8) is 0 Å². The van der Waals surface area contributed by atoms with Crippen LogP contribution in [0, 0.1) is 0 Å². The molecule has 0 spiro atoms. The first-order chi connectivity index (χ1) is 14.6. The minimum Gasteiger partial charge on any atom is -0.496 e. The van der Waals surface area contributed by atoms with Gasteiger partial charge in [-0.25, -0.2) is 15.0 Å². The van der Waals surface area contributed by atoms with Gasteiger partial charge in [0.1, 0.15) is 17.9 Å². The van der Waals surface area contributed by atoms with Gasteiger partial charge in [-0.15, -0.1) is 0 Å². The van der Waals surface area contributed by atoms with Gasteiger partial charge in [-0.3, -0.25) is 9.69 Å². The molecule has 1 aliphatic heterocycles. The van der Waals surface area contributed by atoms with E-state index in [1.54, 1.807) is 33.7 Å². The van der Waals surface area contributed by atoms with E-state index in [0.717, 1.165) is 29.1 Å². The number of fused-ring (bicyclic) bond motifs is 1. The van der Waals surface area contributed by atoms with Crippen LogP contribution in [0.25, 0.3) is 11.4 Å². The van der Waals surface area contributed by atoms with Crippen molar-refractivity contribution in [2.75, 3.05) is 27.9 Å². The molecule has 0 bridgehead atoms. The van der Waals surface area contributed by atoms with Crippen LogP contribution in [0.15, 0.2) is 35.6 Å². The molecule has 0 amide bonds. The van der Waals surface area contributed by atoms with Gasteiger partial charge in [0.2, 0.25) is 0 Å². The van der Waals surface area contributed by atoms with Crippen LogP contribution in [-0.4, -0.2) is 52.7 Å². The van der Waals surface area contributed by atoms with Gasteiger partial charge in [-0.05, 0) is 12.5 Å². The molecular formula is C21H23N5O4. The maximum absolute atomic E-state index is 12.6. The van der Waals surface area contributed by atoms with Gasteiger partial charge < -0.3 is 19.2 Å². The molecule has 0 radical (unpaired) electrons. The summed E-state index contributed by atoms with van der Waals surface area (Å²) in [5.41, 5.74) is 3.04. The number of nitrogens with zero attached hydrogens (tertiary/aromatic N) is 4. The summed E-state index contributed by atoms with van der Waals surface area (Å²) < 4.78 is 16.3. The van der Waals surface area contributed by atoms with Crippen molar-refractivity contribution in [2.45, 2.75) is 19.5 Å². The molecule has 0 atom stereocenters. The van der Waals surface area contributed by atoms with Crippen LogP contribution in [0.2, 0.25) is 0 Å². The molecule has 0 aliphatic carbocycles. The number of hydrogen-bond donors (Lipinski definition) is 1. The number of nitrogens with one attached hydrogen (secondary N) is 1. The highest BCUT2D eigenvalue weighted by molar-refractivity contribution is 5.52. The Hall–Kier alpha value is -3.46. The quantitative estimate of drug-likeness (QED) is 0.658. The molecule has 30 heavy (non-hydrogen) atoms. The van der Waals surface area contributed by atoms with Gasteiger partial charge in [0.15, 0.2) is 11.5 Å². The summed E-state index contributed by atoms with van der Waals surface area (Å²) in [6.07, 6.45) is 5.33. The van der Waals surface area contributed by atoms with Crippen molar-refractivity contribution in [1.29, 1.82) is 0 Å². The lowest BCUT2D eigenvalue weighted by atomic mass is 10.0. The number of benzene rings is 1. The molecule has 1 aliphatic rings. The second-order valence-electron chi connectivity index (χ2n) is 6.95. The summed E-state index contributed by atoms with van der Waals surface area (Å²) in [5, 5.41) is 0. The van der Waals surface area contributed by atoms with Crippen molar-refractivity contribution < 1.29 is 14.2 Å². The van der Waals surface area contributed by atoms with E-state index in [1.165, 1.54) is 6.33 Å². The lowest BCUT2D eigenvalue weighted by Gasteiger charge is -2.28. The van der Waals surface area contributed by atoms with Crippen LogP contribution in [0.4, 0.5) is 0 Å². The van der Waals surface area contributed by atoms with Crippen LogP contribution in [0.1, 0.15) is 16.8 Å². The van der Waals surface area contributed by atoms with Crippen molar-refractivity contribution in [2.24, 2.45) is 0 Å². The summed E-state index contributed by atoms with van der Waals surface area (Å²) in [6, 6.07) is 3.74. The summed E-state index contributed by atoms with van der Waals surface area (Å²) in [7, 11) is 4.83. The second kappa shape index (κ2) is 8.50. The van der Waals surface area contributed by atoms with Crippen molar-refractivity contribution >= 4 is 0 Å². The number of aromatic nitrogens is 4. The van der Waals surface area contributed by atoms with E-state index in [0.29, 0.717) is 42.4 Å². The van der Waals surface area contributed by atoms with Gasteiger partial charge in [0, 0.05) is 49.2 Å². The highest BCUT2D eigenvalue weighted by Crippen LogP contribution is 2.35. The smallest absolute Gasteiger partial charge is 0.254 e. The number of hydrogen-bond acceptors (Lipinski definition) is 8. The van der Waals surface area contributed by atoms with E-state index in [4.69, 9.17) is 14.2 Å². The maximum atomic E-state index is 12.6. The molecule has 9 nitrogen and oxygen atoms in total. The average Bonchev–Trinajstić information content (AvgIpc) is 2.79. The zero-order chi connectivity index (χ0) is 21.1. The number of H-pyrrole nitrogens is 1. The molecule has 2 aromatic heterocycles. The summed E-state index contributed by atoms with van der Waals surface area (Å²) in [5.74, 6) is 2.46. The fourth-order valence-corrected chi connectivity index (χ4v) is 3.64. The molecule has 4 rings (SSSR count). The highest BCUT2D eigenvalue weighted by atomic mass is 16.5. The SMILES string of the molecule is COc1cc(OC)c(OC)cc1CN1CCc2c(nc(-c3cncnc3)[nH]c2=O)C1. The third-order valence-electron chi connectivity index (χ3n) is 5.17. The Morgan fingerprint density at radius 1 is 1.03 bits per heavy atom. The minimum absolute atomic E-state index is 0.109. The molecule has 156 valence electrons. The first-order valence-electron chi connectivity index (χ1n) is 9.51. The van der Waals surface area contributed by atoms with Crippen molar-refractivity contribution in [1.82, 2.24) is 24.8 Å². The number of methoxy groups -OCH3 is 3. The fraction of sp³-hybridized carbons (Fsp3) is 0.333. The second-order valence-corrected chi connectivity index (χ2v) is 6.95. The Labute approximate surface area is 173 Å². The Kier molecular flexibility index (Phi) is 5.62. The number of rotatable bonds is 6. The van der Waals surface area contributed by atoms with Gasteiger partial charge >= 0.3 is 0 Å². The normalized spacial score (nSPS) is 13.6. The van der Waals surface area contributed by atoms with E-state index in [2.05, 4.69) is 24.8 Å². The van der Waals surface area contributed by atoms with Gasteiger partial charge in [0.25, 0.3) is 5.56 Å². The first kappa shape index (κ1) is 19.8. The van der Waals surface area contributed by atoms with E-state index in [9.17, 15) is 4.79 Å². The summed E-state index contributed by atoms with van der Waals surface area (Å²) in [4.78, 5) is 30.3. The Bertz CT molecular complexity index is 1100. The predicted octanol–water partition coefficient (Wildman–Crippen LogP) is 1.81. The Morgan fingerprint density at radius 2 is 1.73 bits per heavy atom. The van der Waals surface area contributed by atoms with E-state index in [1.807, 2.05) is 12.1 Å². The zero-order valence-electron chi connectivity index (χ0n) is 17.1. The molecule has 3 aromatic rings. The molecular weight excluding hydrogens is 386 g/mol. The molecule has 0 saturated heterocycles. The van der Waals surface area contributed by atoms with E-state index >= 15 is 0 Å². The van der Waals surface area contributed by atoms with Crippen molar-refractivity contribution in [3.8, 4) is 28.6 Å². The fourth-order valence-electron chi connectivity index (χ4n) is 3.64. The van der Waals surface area contributed by atoms with Crippen LogP contribution in [0.5, 0.6) is 17.2 Å². The molecule has 1 aromatic carbocycles.